The standard InChI is InChI=1S/C14H14P.Li/c1-11-3-7-13(8-4-11)15-14-9-5-12(2)6-10-14;/h3-10H,1-2H3;/q-1;+1. The normalized spacial score (nSPS) is 9.62. The molecule has 2 aromatic rings. The largest absolute Gasteiger partial charge is 1.00 e. The van der Waals surface area contributed by atoms with Gasteiger partial charge < -0.3 is 8.58 Å². The Kier molecular flexibility index (Phi) is 5.30. The van der Waals surface area contributed by atoms with Crippen LogP contribution >= 0.6 is 8.58 Å². The quantitative estimate of drug-likeness (QED) is 0.501. The number of hydrogen-bond acceptors (Lipinski definition) is 0. The van der Waals surface area contributed by atoms with Crippen molar-refractivity contribution in [1.82, 2.24) is 0 Å². The third-order valence-electron chi connectivity index (χ3n) is 2.33. The Morgan fingerprint density at radius 1 is 0.625 bits per heavy atom. The third kappa shape index (κ3) is 3.80. The van der Waals surface area contributed by atoms with E-state index in [1.807, 2.05) is 0 Å². The van der Waals surface area contributed by atoms with Gasteiger partial charge in [0.15, 0.2) is 0 Å². The Balaban J connectivity index is 0.00000128. The van der Waals surface area contributed by atoms with Crippen LogP contribution in [-0.4, -0.2) is 0 Å². The Hall–Kier alpha value is -0.533. The van der Waals surface area contributed by atoms with Gasteiger partial charge in [0.05, 0.1) is 0 Å². The summed E-state index contributed by atoms with van der Waals surface area (Å²) in [6.07, 6.45) is 0. The van der Waals surface area contributed by atoms with E-state index in [9.17, 15) is 0 Å². The van der Waals surface area contributed by atoms with Crippen LogP contribution in [0, 0.1) is 13.8 Å². The molecule has 0 aromatic heterocycles. The van der Waals surface area contributed by atoms with Crippen molar-refractivity contribution in [3.05, 3.63) is 59.7 Å². The summed E-state index contributed by atoms with van der Waals surface area (Å²) in [5.41, 5.74) is 2.63. The second-order valence-corrected chi connectivity index (χ2v) is 5.04. The first-order chi connectivity index (χ1) is 7.24. The molecule has 0 amide bonds. The van der Waals surface area contributed by atoms with Crippen molar-refractivity contribution < 1.29 is 18.9 Å². The van der Waals surface area contributed by atoms with Crippen LogP contribution in [0.1, 0.15) is 11.1 Å². The van der Waals surface area contributed by atoms with Crippen molar-refractivity contribution in [1.29, 1.82) is 0 Å². The fraction of sp³-hybridized carbons (Fsp3) is 0.143. The van der Waals surface area contributed by atoms with Crippen LogP contribution in [0.5, 0.6) is 0 Å². The number of benzene rings is 2. The van der Waals surface area contributed by atoms with Gasteiger partial charge in [0.2, 0.25) is 0 Å². The van der Waals surface area contributed by atoms with Gasteiger partial charge in [-0.05, 0) is 13.8 Å². The van der Waals surface area contributed by atoms with E-state index >= 15 is 0 Å². The predicted octanol–water partition coefficient (Wildman–Crippen LogP) is 0.204. The zero-order valence-corrected chi connectivity index (χ0v) is 11.0. The van der Waals surface area contributed by atoms with E-state index in [0.29, 0.717) is 0 Å². The molecular weight excluding hydrogens is 206 g/mol. The smallest absolute Gasteiger partial charge is 0.472 e. The Morgan fingerprint density at radius 3 is 1.25 bits per heavy atom. The molecule has 0 saturated carbocycles. The molecule has 0 nitrogen and oxygen atoms in total. The average Bonchev–Trinajstić information content (AvgIpc) is 2.25. The minimum Gasteiger partial charge on any atom is -0.472 e. The molecule has 0 aliphatic rings. The molecule has 2 rings (SSSR count). The molecule has 0 bridgehead atoms. The van der Waals surface area contributed by atoms with Gasteiger partial charge in [-0.15, -0.1) is 0 Å². The number of rotatable bonds is 2. The summed E-state index contributed by atoms with van der Waals surface area (Å²) >= 11 is 0. The summed E-state index contributed by atoms with van der Waals surface area (Å²) in [4.78, 5) is 0. The summed E-state index contributed by atoms with van der Waals surface area (Å²) in [5, 5.41) is 2.70. The van der Waals surface area contributed by atoms with Gasteiger partial charge in [0, 0.05) is 0 Å². The van der Waals surface area contributed by atoms with Crippen LogP contribution in [-0.2, 0) is 0 Å². The molecule has 0 aliphatic carbocycles. The first kappa shape index (κ1) is 13.5. The van der Waals surface area contributed by atoms with E-state index in [0.717, 1.165) is 0 Å². The van der Waals surface area contributed by atoms with Crippen molar-refractivity contribution in [2.45, 2.75) is 13.8 Å². The van der Waals surface area contributed by atoms with Gasteiger partial charge in [0.1, 0.15) is 0 Å². The SMILES string of the molecule is Cc1ccc([P-]c2ccc(C)cc2)cc1.[Li+]. The Morgan fingerprint density at radius 2 is 0.938 bits per heavy atom. The van der Waals surface area contributed by atoms with E-state index in [4.69, 9.17) is 0 Å². The molecule has 0 unspecified atom stereocenters. The molecule has 0 saturated heterocycles. The van der Waals surface area contributed by atoms with Gasteiger partial charge in [0.25, 0.3) is 0 Å². The van der Waals surface area contributed by atoms with Crippen LogP contribution in [0.2, 0.25) is 0 Å². The molecule has 0 N–H and O–H groups in total. The number of aryl methyl sites for hydroxylation is 2. The maximum Gasteiger partial charge on any atom is 1.00 e. The van der Waals surface area contributed by atoms with E-state index in [-0.39, 0.29) is 18.9 Å². The molecule has 0 heterocycles. The first-order valence-electron chi connectivity index (χ1n) is 5.09. The molecular formula is C14H14LiP. The minimum atomic E-state index is 0. The summed E-state index contributed by atoms with van der Waals surface area (Å²) in [5.74, 6) is 0. The van der Waals surface area contributed by atoms with Gasteiger partial charge >= 0.3 is 18.9 Å². The van der Waals surface area contributed by atoms with Crippen LogP contribution in [0.25, 0.3) is 0 Å². The zero-order chi connectivity index (χ0) is 10.7. The topological polar surface area (TPSA) is 0 Å². The molecule has 0 radical (unpaired) electrons. The van der Waals surface area contributed by atoms with Crippen molar-refractivity contribution in [2.75, 3.05) is 0 Å². The van der Waals surface area contributed by atoms with E-state index < -0.39 is 0 Å². The fourth-order valence-corrected chi connectivity index (χ4v) is 2.28. The summed E-state index contributed by atoms with van der Waals surface area (Å²) in [6.45, 7) is 4.24. The molecule has 0 aliphatic heterocycles. The van der Waals surface area contributed by atoms with Crippen molar-refractivity contribution in [3.63, 3.8) is 0 Å². The fourth-order valence-electron chi connectivity index (χ4n) is 1.39. The predicted molar refractivity (Wildman–Crippen MR) is 68.5 cm³/mol. The summed E-state index contributed by atoms with van der Waals surface area (Å²) in [7, 11) is 1.29. The second kappa shape index (κ2) is 6.26. The molecule has 2 heteroatoms. The number of hydrogen-bond donors (Lipinski definition) is 0. The van der Waals surface area contributed by atoms with Gasteiger partial charge in [-0.3, -0.25) is 0 Å². The summed E-state index contributed by atoms with van der Waals surface area (Å²) in [6, 6.07) is 17.4. The monoisotopic (exact) mass is 220 g/mol. The summed E-state index contributed by atoms with van der Waals surface area (Å²) < 4.78 is 0. The Labute approximate surface area is 111 Å². The van der Waals surface area contributed by atoms with Crippen LogP contribution in [0.15, 0.2) is 48.5 Å². The Bertz CT molecular complexity index is 388. The van der Waals surface area contributed by atoms with Gasteiger partial charge in [-0.2, -0.15) is 0 Å². The van der Waals surface area contributed by atoms with E-state index in [1.54, 1.807) is 0 Å². The molecule has 0 spiro atoms. The maximum absolute atomic E-state index is 2.19. The molecule has 2 aromatic carbocycles. The third-order valence-corrected chi connectivity index (χ3v) is 3.44. The first-order valence-corrected chi connectivity index (χ1v) is 5.98. The second-order valence-electron chi connectivity index (χ2n) is 3.78. The molecule has 0 atom stereocenters. The van der Waals surface area contributed by atoms with Crippen LogP contribution in [0.3, 0.4) is 0 Å². The van der Waals surface area contributed by atoms with E-state index in [2.05, 4.69) is 62.4 Å². The van der Waals surface area contributed by atoms with Gasteiger partial charge in [-0.1, -0.05) is 59.7 Å². The molecule has 16 heavy (non-hydrogen) atoms. The van der Waals surface area contributed by atoms with Gasteiger partial charge in [-0.25, -0.2) is 10.6 Å². The minimum absolute atomic E-state index is 0. The van der Waals surface area contributed by atoms with Crippen molar-refractivity contribution >= 4 is 19.2 Å². The van der Waals surface area contributed by atoms with E-state index in [1.165, 1.54) is 30.3 Å². The van der Waals surface area contributed by atoms with Crippen molar-refractivity contribution in [3.8, 4) is 0 Å². The van der Waals surface area contributed by atoms with Crippen molar-refractivity contribution in [2.24, 2.45) is 0 Å². The van der Waals surface area contributed by atoms with Crippen LogP contribution in [0.4, 0.5) is 0 Å². The maximum atomic E-state index is 2.19. The average molecular weight is 220 g/mol. The molecule has 76 valence electrons. The molecule has 0 fully saturated rings. The van der Waals surface area contributed by atoms with Crippen LogP contribution < -0.4 is 29.5 Å². The zero-order valence-electron chi connectivity index (χ0n) is 10.1.